The predicted molar refractivity (Wildman–Crippen MR) is 122 cm³/mol. The molecule has 2 aromatic carbocycles. The third-order valence-electron chi connectivity index (χ3n) is 3.88. The number of furan rings is 1. The number of benzene rings is 2. The van der Waals surface area contributed by atoms with Crippen molar-refractivity contribution in [2.24, 2.45) is 0 Å². The fourth-order valence-electron chi connectivity index (χ4n) is 2.51. The monoisotopic (exact) mass is 458 g/mol. The highest BCUT2D eigenvalue weighted by Crippen LogP contribution is 2.29. The Balaban J connectivity index is 1.52. The number of alkyl carbamates (subject to hydrolysis) is 1. The molecule has 6 nitrogen and oxygen atoms in total. The molecule has 0 aliphatic rings. The van der Waals surface area contributed by atoms with E-state index in [1.165, 1.54) is 6.26 Å². The van der Waals surface area contributed by atoms with Crippen LogP contribution in [-0.4, -0.2) is 17.6 Å². The molecule has 3 rings (SSSR count). The lowest BCUT2D eigenvalue weighted by molar-refractivity contribution is 0.0519. The second-order valence-corrected chi connectivity index (χ2v) is 9.27. The summed E-state index contributed by atoms with van der Waals surface area (Å²) in [7, 11) is 0. The highest BCUT2D eigenvalue weighted by molar-refractivity contribution is 7.99. The van der Waals surface area contributed by atoms with E-state index >= 15 is 0 Å². The van der Waals surface area contributed by atoms with Crippen LogP contribution in [0.1, 0.15) is 36.9 Å². The molecule has 3 aromatic rings. The molecule has 1 heterocycles. The van der Waals surface area contributed by atoms with Gasteiger partial charge in [0, 0.05) is 20.5 Å². The zero-order valence-corrected chi connectivity index (χ0v) is 19.0. The Labute approximate surface area is 190 Å². The molecule has 0 unspecified atom stereocenters. The normalized spacial score (nSPS) is 11.1. The van der Waals surface area contributed by atoms with Gasteiger partial charge in [0.05, 0.1) is 12.1 Å². The van der Waals surface area contributed by atoms with Gasteiger partial charge >= 0.3 is 6.09 Å². The SMILES string of the molecule is CC(C)(C)OC(=O)NCc1cc(C(=O)Nc2ccc(Sc3ccc(Cl)cc3)cc2)co1. The molecule has 1 aromatic heterocycles. The van der Waals surface area contributed by atoms with Crippen molar-refractivity contribution in [2.75, 3.05) is 5.32 Å². The van der Waals surface area contributed by atoms with Crippen LogP contribution in [0.15, 0.2) is 75.1 Å². The molecule has 0 bridgehead atoms. The summed E-state index contributed by atoms with van der Waals surface area (Å²) in [6, 6.07) is 16.7. The number of amides is 2. The van der Waals surface area contributed by atoms with Gasteiger partial charge in [-0.2, -0.15) is 0 Å². The van der Waals surface area contributed by atoms with Crippen molar-refractivity contribution in [1.29, 1.82) is 0 Å². The first-order valence-electron chi connectivity index (χ1n) is 9.57. The molecule has 0 saturated carbocycles. The standard InChI is InChI=1S/C23H23ClN2O4S/c1-23(2,3)30-22(28)25-13-18-12-15(14-29-18)21(27)26-17-6-10-20(11-7-17)31-19-8-4-16(24)5-9-19/h4-12,14H,13H2,1-3H3,(H,25,28)(H,26,27). The summed E-state index contributed by atoms with van der Waals surface area (Å²) in [6.45, 7) is 5.47. The summed E-state index contributed by atoms with van der Waals surface area (Å²) in [5, 5.41) is 6.12. The minimum atomic E-state index is -0.582. The maximum Gasteiger partial charge on any atom is 0.408 e. The molecule has 0 saturated heterocycles. The maximum atomic E-state index is 12.5. The summed E-state index contributed by atoms with van der Waals surface area (Å²) >= 11 is 7.51. The lowest BCUT2D eigenvalue weighted by Crippen LogP contribution is -2.32. The molecule has 0 aliphatic carbocycles. The summed E-state index contributed by atoms with van der Waals surface area (Å²) in [5.74, 6) is 0.149. The zero-order chi connectivity index (χ0) is 22.4. The maximum absolute atomic E-state index is 12.5. The topological polar surface area (TPSA) is 80.6 Å². The van der Waals surface area contributed by atoms with E-state index in [1.54, 1.807) is 38.6 Å². The van der Waals surface area contributed by atoms with E-state index in [2.05, 4.69) is 10.6 Å². The van der Waals surface area contributed by atoms with E-state index in [-0.39, 0.29) is 12.5 Å². The van der Waals surface area contributed by atoms with Gasteiger partial charge in [0.15, 0.2) is 0 Å². The average Bonchev–Trinajstić information content (AvgIpc) is 3.18. The van der Waals surface area contributed by atoms with Gasteiger partial charge in [-0.05, 0) is 75.4 Å². The predicted octanol–water partition coefficient (Wildman–Crippen LogP) is 6.36. The quantitative estimate of drug-likeness (QED) is 0.449. The Morgan fingerprint density at radius 3 is 2.26 bits per heavy atom. The van der Waals surface area contributed by atoms with Crippen LogP contribution in [0.4, 0.5) is 10.5 Å². The van der Waals surface area contributed by atoms with E-state index < -0.39 is 11.7 Å². The molecule has 2 N–H and O–H groups in total. The third kappa shape index (κ3) is 7.38. The van der Waals surface area contributed by atoms with Crippen LogP contribution < -0.4 is 10.6 Å². The highest BCUT2D eigenvalue weighted by Gasteiger charge is 2.17. The minimum Gasteiger partial charge on any atom is -0.467 e. The molecule has 0 spiro atoms. The van der Waals surface area contributed by atoms with Crippen molar-refractivity contribution in [1.82, 2.24) is 5.32 Å². The summed E-state index contributed by atoms with van der Waals surface area (Å²) < 4.78 is 10.5. The molecule has 162 valence electrons. The highest BCUT2D eigenvalue weighted by atomic mass is 35.5. The van der Waals surface area contributed by atoms with Crippen molar-refractivity contribution in [3.05, 3.63) is 77.2 Å². The zero-order valence-electron chi connectivity index (χ0n) is 17.4. The molecule has 2 amide bonds. The number of halogens is 1. The molecular formula is C23H23ClN2O4S. The Kier molecular flexibility index (Phi) is 7.30. The number of rotatable bonds is 6. The van der Waals surface area contributed by atoms with E-state index in [0.29, 0.717) is 22.0 Å². The number of ether oxygens (including phenoxy) is 1. The largest absolute Gasteiger partial charge is 0.467 e. The van der Waals surface area contributed by atoms with Crippen LogP contribution in [0.5, 0.6) is 0 Å². The van der Waals surface area contributed by atoms with Crippen LogP contribution in [-0.2, 0) is 11.3 Å². The molecule has 0 aliphatic heterocycles. The van der Waals surface area contributed by atoms with Crippen LogP contribution in [0.3, 0.4) is 0 Å². The number of carbonyl (C=O) groups excluding carboxylic acids is 2. The first kappa shape index (κ1) is 22.8. The number of carbonyl (C=O) groups is 2. The van der Waals surface area contributed by atoms with E-state index in [1.807, 2.05) is 48.5 Å². The van der Waals surface area contributed by atoms with Crippen molar-refractivity contribution >= 4 is 41.1 Å². The van der Waals surface area contributed by atoms with Gasteiger partial charge in [-0.15, -0.1) is 0 Å². The second kappa shape index (κ2) is 9.94. The molecule has 8 heteroatoms. The Morgan fingerprint density at radius 1 is 1.03 bits per heavy atom. The van der Waals surface area contributed by atoms with Gasteiger partial charge in [-0.25, -0.2) is 4.79 Å². The smallest absolute Gasteiger partial charge is 0.408 e. The van der Waals surface area contributed by atoms with Crippen molar-refractivity contribution in [3.8, 4) is 0 Å². The molecular weight excluding hydrogens is 436 g/mol. The van der Waals surface area contributed by atoms with E-state index in [9.17, 15) is 9.59 Å². The van der Waals surface area contributed by atoms with Gasteiger partial charge in [0.1, 0.15) is 17.6 Å². The second-order valence-electron chi connectivity index (χ2n) is 7.69. The minimum absolute atomic E-state index is 0.124. The fraction of sp³-hybridized carbons (Fsp3) is 0.217. The van der Waals surface area contributed by atoms with Crippen LogP contribution >= 0.6 is 23.4 Å². The Morgan fingerprint density at radius 2 is 1.65 bits per heavy atom. The lowest BCUT2D eigenvalue weighted by atomic mass is 10.2. The van der Waals surface area contributed by atoms with Gasteiger partial charge in [0.25, 0.3) is 5.91 Å². The first-order chi connectivity index (χ1) is 14.7. The van der Waals surface area contributed by atoms with Crippen LogP contribution in [0.25, 0.3) is 0 Å². The summed E-state index contributed by atoms with van der Waals surface area (Å²) in [4.78, 5) is 26.3. The van der Waals surface area contributed by atoms with E-state index in [0.717, 1.165) is 9.79 Å². The number of hydrogen-bond donors (Lipinski definition) is 2. The summed E-state index contributed by atoms with van der Waals surface area (Å²) in [5.41, 5.74) is 0.446. The molecule has 0 atom stereocenters. The number of anilines is 1. The Bertz CT molecular complexity index is 1040. The van der Waals surface area contributed by atoms with Gasteiger partial charge in [-0.3, -0.25) is 4.79 Å². The fourth-order valence-corrected chi connectivity index (χ4v) is 3.46. The first-order valence-corrected chi connectivity index (χ1v) is 10.8. The van der Waals surface area contributed by atoms with Crippen molar-refractivity contribution in [2.45, 2.75) is 42.7 Å². The van der Waals surface area contributed by atoms with Gasteiger partial charge < -0.3 is 19.8 Å². The van der Waals surface area contributed by atoms with Crippen LogP contribution in [0, 0.1) is 0 Å². The van der Waals surface area contributed by atoms with Crippen molar-refractivity contribution in [3.63, 3.8) is 0 Å². The Hall–Kier alpha value is -2.90. The van der Waals surface area contributed by atoms with Gasteiger partial charge in [0.2, 0.25) is 0 Å². The number of nitrogens with one attached hydrogen (secondary N) is 2. The molecule has 31 heavy (non-hydrogen) atoms. The lowest BCUT2D eigenvalue weighted by Gasteiger charge is -2.19. The summed E-state index contributed by atoms with van der Waals surface area (Å²) in [6.07, 6.45) is 0.804. The molecule has 0 fully saturated rings. The van der Waals surface area contributed by atoms with E-state index in [4.69, 9.17) is 20.8 Å². The van der Waals surface area contributed by atoms with Gasteiger partial charge in [-0.1, -0.05) is 23.4 Å². The number of hydrogen-bond acceptors (Lipinski definition) is 5. The van der Waals surface area contributed by atoms with Crippen molar-refractivity contribution < 1.29 is 18.7 Å². The third-order valence-corrected chi connectivity index (χ3v) is 5.15. The average molecular weight is 459 g/mol. The molecule has 0 radical (unpaired) electrons. The van der Waals surface area contributed by atoms with Crippen LogP contribution in [0.2, 0.25) is 5.02 Å².